The van der Waals surface area contributed by atoms with Crippen LogP contribution in [-0.4, -0.2) is 26.2 Å². The van der Waals surface area contributed by atoms with Gasteiger partial charge in [-0.15, -0.1) is 24.0 Å². The van der Waals surface area contributed by atoms with Crippen molar-refractivity contribution in [3.8, 4) is 0 Å². The minimum atomic E-state index is 0. The summed E-state index contributed by atoms with van der Waals surface area (Å²) in [6.07, 6.45) is 0. The molecule has 6 heteroatoms. The third-order valence-corrected chi connectivity index (χ3v) is 3.50. The highest BCUT2D eigenvalue weighted by molar-refractivity contribution is 14.0. The predicted molar refractivity (Wildman–Crippen MR) is 111 cm³/mol. The van der Waals surface area contributed by atoms with E-state index in [1.165, 1.54) is 5.56 Å². The van der Waals surface area contributed by atoms with E-state index >= 15 is 0 Å². The Morgan fingerprint density at radius 3 is 2.38 bits per heavy atom. The van der Waals surface area contributed by atoms with Crippen LogP contribution in [0.1, 0.15) is 11.1 Å². The minimum Gasteiger partial charge on any atom is -0.375 e. The standard InChI is InChI=1S/C18H22ClN3O.HI/c1-20-18(22-13-15-7-9-17(19)10-8-15)21-11-12-23-14-16-5-3-2-4-6-16;/h2-10H,11-14H2,1H3,(H2,20,21,22);1H. The predicted octanol–water partition coefficient (Wildman–Crippen LogP) is 3.84. The van der Waals surface area contributed by atoms with Gasteiger partial charge in [-0.2, -0.15) is 0 Å². The summed E-state index contributed by atoms with van der Waals surface area (Å²) in [5, 5.41) is 7.22. The molecule has 0 unspecified atom stereocenters. The van der Waals surface area contributed by atoms with Crippen LogP contribution >= 0.6 is 35.6 Å². The Labute approximate surface area is 165 Å². The van der Waals surface area contributed by atoms with Gasteiger partial charge in [0, 0.05) is 25.2 Å². The van der Waals surface area contributed by atoms with Crippen LogP contribution in [0.2, 0.25) is 5.02 Å². The summed E-state index contributed by atoms with van der Waals surface area (Å²) in [5.74, 6) is 0.753. The summed E-state index contributed by atoms with van der Waals surface area (Å²) in [7, 11) is 1.75. The first kappa shape index (κ1) is 20.7. The molecular formula is C18H23ClIN3O. The van der Waals surface area contributed by atoms with Crippen LogP contribution in [0, 0.1) is 0 Å². The lowest BCUT2D eigenvalue weighted by Gasteiger charge is -2.12. The number of guanidine groups is 1. The SMILES string of the molecule is CN=C(NCCOCc1ccccc1)NCc1ccc(Cl)cc1.I. The fraction of sp³-hybridized carbons (Fsp3) is 0.278. The number of nitrogens with one attached hydrogen (secondary N) is 2. The fourth-order valence-electron chi connectivity index (χ4n) is 2.01. The molecule has 0 saturated carbocycles. The van der Waals surface area contributed by atoms with Crippen LogP contribution < -0.4 is 10.6 Å². The van der Waals surface area contributed by atoms with Gasteiger partial charge in [0.2, 0.25) is 0 Å². The Hall–Kier alpha value is -1.31. The van der Waals surface area contributed by atoms with Crippen molar-refractivity contribution in [3.05, 3.63) is 70.7 Å². The third-order valence-electron chi connectivity index (χ3n) is 3.25. The maximum atomic E-state index is 5.87. The van der Waals surface area contributed by atoms with E-state index in [2.05, 4.69) is 27.8 Å². The third kappa shape index (κ3) is 7.99. The normalized spacial score (nSPS) is 10.8. The van der Waals surface area contributed by atoms with E-state index in [4.69, 9.17) is 16.3 Å². The van der Waals surface area contributed by atoms with E-state index < -0.39 is 0 Å². The quantitative estimate of drug-likeness (QED) is 0.286. The van der Waals surface area contributed by atoms with Gasteiger partial charge in [-0.25, -0.2) is 0 Å². The molecule has 0 aromatic heterocycles. The summed E-state index contributed by atoms with van der Waals surface area (Å²) in [6, 6.07) is 17.9. The molecule has 2 rings (SSSR count). The summed E-state index contributed by atoms with van der Waals surface area (Å²) < 4.78 is 5.63. The van der Waals surface area contributed by atoms with Gasteiger partial charge in [-0.3, -0.25) is 4.99 Å². The molecule has 0 fully saturated rings. The number of rotatable bonds is 7. The smallest absolute Gasteiger partial charge is 0.191 e. The van der Waals surface area contributed by atoms with E-state index in [1.807, 2.05) is 42.5 Å². The van der Waals surface area contributed by atoms with E-state index in [0.29, 0.717) is 26.3 Å². The first-order valence-electron chi connectivity index (χ1n) is 7.58. The molecule has 0 amide bonds. The van der Waals surface area contributed by atoms with E-state index in [0.717, 1.165) is 16.5 Å². The van der Waals surface area contributed by atoms with Crippen LogP contribution in [0.15, 0.2) is 59.6 Å². The molecule has 0 radical (unpaired) electrons. The Morgan fingerprint density at radius 1 is 1.00 bits per heavy atom. The van der Waals surface area contributed by atoms with Crippen molar-refractivity contribution in [2.45, 2.75) is 13.2 Å². The van der Waals surface area contributed by atoms with Crippen molar-refractivity contribution in [1.29, 1.82) is 0 Å². The second kappa shape index (κ2) is 12.1. The molecule has 2 aromatic carbocycles. The number of nitrogens with zero attached hydrogens (tertiary/aromatic N) is 1. The van der Waals surface area contributed by atoms with Gasteiger partial charge in [0.05, 0.1) is 13.2 Å². The van der Waals surface area contributed by atoms with Crippen LogP contribution in [0.25, 0.3) is 0 Å². The molecule has 0 bridgehead atoms. The second-order valence-corrected chi connectivity index (χ2v) is 5.45. The van der Waals surface area contributed by atoms with Crippen LogP contribution in [0.3, 0.4) is 0 Å². The second-order valence-electron chi connectivity index (χ2n) is 5.02. The molecule has 0 atom stereocenters. The minimum absolute atomic E-state index is 0. The van der Waals surface area contributed by atoms with Crippen LogP contribution in [-0.2, 0) is 17.9 Å². The number of halogens is 2. The largest absolute Gasteiger partial charge is 0.375 e. The zero-order chi connectivity index (χ0) is 16.3. The highest BCUT2D eigenvalue weighted by Crippen LogP contribution is 2.08. The maximum absolute atomic E-state index is 5.87. The molecule has 0 aliphatic carbocycles. The molecule has 0 heterocycles. The number of benzene rings is 2. The summed E-state index contributed by atoms with van der Waals surface area (Å²) in [6.45, 7) is 2.64. The molecule has 0 aliphatic rings. The van der Waals surface area contributed by atoms with Crippen LogP contribution in [0.4, 0.5) is 0 Å². The monoisotopic (exact) mass is 459 g/mol. The first-order chi connectivity index (χ1) is 11.3. The highest BCUT2D eigenvalue weighted by Gasteiger charge is 1.98. The Morgan fingerprint density at radius 2 is 1.71 bits per heavy atom. The molecule has 24 heavy (non-hydrogen) atoms. The van der Waals surface area contributed by atoms with Gasteiger partial charge in [0.15, 0.2) is 5.96 Å². The first-order valence-corrected chi connectivity index (χ1v) is 7.96. The lowest BCUT2D eigenvalue weighted by Crippen LogP contribution is -2.38. The molecule has 2 aromatic rings. The molecular weight excluding hydrogens is 437 g/mol. The summed E-state index contributed by atoms with van der Waals surface area (Å²) in [5.41, 5.74) is 2.33. The zero-order valence-corrected chi connectivity index (χ0v) is 16.8. The number of hydrogen-bond donors (Lipinski definition) is 2. The lowest BCUT2D eigenvalue weighted by atomic mass is 10.2. The van der Waals surface area contributed by atoms with Crippen molar-refractivity contribution in [2.75, 3.05) is 20.2 Å². The molecule has 130 valence electrons. The Bertz CT molecular complexity index is 605. The van der Waals surface area contributed by atoms with Crippen molar-refractivity contribution in [3.63, 3.8) is 0 Å². The molecule has 2 N–H and O–H groups in total. The van der Waals surface area contributed by atoms with Gasteiger partial charge < -0.3 is 15.4 Å². The van der Waals surface area contributed by atoms with Gasteiger partial charge in [0.25, 0.3) is 0 Å². The Balaban J connectivity index is 0.00000288. The molecule has 0 aliphatic heterocycles. The molecule has 4 nitrogen and oxygen atoms in total. The number of aliphatic imine (C=N–C) groups is 1. The lowest BCUT2D eigenvalue weighted by molar-refractivity contribution is 0.125. The average Bonchev–Trinajstić information content (AvgIpc) is 2.59. The molecule has 0 saturated heterocycles. The number of hydrogen-bond acceptors (Lipinski definition) is 2. The summed E-state index contributed by atoms with van der Waals surface area (Å²) in [4.78, 5) is 4.19. The highest BCUT2D eigenvalue weighted by atomic mass is 127. The van der Waals surface area contributed by atoms with E-state index in [-0.39, 0.29) is 24.0 Å². The van der Waals surface area contributed by atoms with E-state index in [1.54, 1.807) is 7.05 Å². The van der Waals surface area contributed by atoms with E-state index in [9.17, 15) is 0 Å². The van der Waals surface area contributed by atoms with Gasteiger partial charge in [-0.1, -0.05) is 54.1 Å². The maximum Gasteiger partial charge on any atom is 0.191 e. The van der Waals surface area contributed by atoms with Crippen molar-refractivity contribution in [1.82, 2.24) is 10.6 Å². The fourth-order valence-corrected chi connectivity index (χ4v) is 2.14. The Kier molecular flexibility index (Phi) is 10.5. The van der Waals surface area contributed by atoms with Gasteiger partial charge in [0.1, 0.15) is 0 Å². The molecule has 0 spiro atoms. The van der Waals surface area contributed by atoms with Crippen molar-refractivity contribution >= 4 is 41.5 Å². The van der Waals surface area contributed by atoms with Gasteiger partial charge in [-0.05, 0) is 23.3 Å². The van der Waals surface area contributed by atoms with Gasteiger partial charge >= 0.3 is 0 Å². The topological polar surface area (TPSA) is 45.7 Å². The van der Waals surface area contributed by atoms with Crippen molar-refractivity contribution < 1.29 is 4.74 Å². The summed E-state index contributed by atoms with van der Waals surface area (Å²) >= 11 is 5.87. The average molecular weight is 460 g/mol. The zero-order valence-electron chi connectivity index (χ0n) is 13.7. The van der Waals surface area contributed by atoms with Crippen molar-refractivity contribution in [2.24, 2.45) is 4.99 Å². The number of ether oxygens (including phenoxy) is 1. The van der Waals surface area contributed by atoms with Crippen LogP contribution in [0.5, 0.6) is 0 Å².